The summed E-state index contributed by atoms with van der Waals surface area (Å²) in [4.78, 5) is 0. The van der Waals surface area contributed by atoms with E-state index in [4.69, 9.17) is 47.4 Å². The minimum atomic E-state index is -0.826. The predicted molar refractivity (Wildman–Crippen MR) is 228 cm³/mol. The zero-order chi connectivity index (χ0) is 40.2. The lowest BCUT2D eigenvalue weighted by Gasteiger charge is -2.51. The van der Waals surface area contributed by atoms with Crippen LogP contribution in [0, 0.1) is 0 Å². The second kappa shape index (κ2) is 21.3. The molecule has 0 bridgehead atoms. The van der Waals surface area contributed by atoms with Gasteiger partial charge in [0.15, 0.2) is 18.9 Å². The van der Waals surface area contributed by atoms with Crippen molar-refractivity contribution in [2.45, 2.75) is 92.0 Å². The maximum atomic E-state index is 7.11. The Bertz CT molecular complexity index is 1950. The number of benzene rings is 5. The quantitative estimate of drug-likeness (QED) is 0.0670. The molecule has 11 heteroatoms. The van der Waals surface area contributed by atoms with E-state index >= 15 is 0 Å². The molecule has 11 atom stereocenters. The summed E-state index contributed by atoms with van der Waals surface area (Å²) < 4.78 is 66.0. The van der Waals surface area contributed by atoms with Crippen molar-refractivity contribution in [1.82, 2.24) is 0 Å². The summed E-state index contributed by atoms with van der Waals surface area (Å²) in [6.45, 7) is 1.98. The molecule has 8 rings (SSSR count). The highest BCUT2D eigenvalue weighted by Crippen LogP contribution is 2.40. The van der Waals surface area contributed by atoms with E-state index in [2.05, 4.69) is 46.9 Å². The topological polar surface area (TPSA) is 92.3 Å². The predicted octanol–water partition coefficient (Wildman–Crippen LogP) is 8.36. The van der Waals surface area contributed by atoms with Gasteiger partial charge in [0, 0.05) is 12.7 Å². The van der Waals surface area contributed by atoms with Crippen LogP contribution in [0.25, 0.3) is 0 Å². The van der Waals surface area contributed by atoms with E-state index < -0.39 is 61.6 Å². The van der Waals surface area contributed by atoms with Crippen LogP contribution >= 0.6 is 22.6 Å². The normalized spacial score (nSPS) is 29.4. The van der Waals surface area contributed by atoms with E-state index in [1.807, 2.05) is 127 Å². The summed E-state index contributed by atoms with van der Waals surface area (Å²) in [5, 5.41) is 0. The monoisotopic (exact) mass is 914 g/mol. The van der Waals surface area contributed by atoms with Crippen molar-refractivity contribution in [3.8, 4) is 0 Å². The van der Waals surface area contributed by atoms with Gasteiger partial charge in [0.05, 0.1) is 43.6 Å². The van der Waals surface area contributed by atoms with Crippen molar-refractivity contribution in [3.63, 3.8) is 0 Å². The lowest BCUT2D eigenvalue weighted by molar-refractivity contribution is -0.387. The number of methoxy groups -OCH3 is 1. The molecular formula is C48H51IO10. The van der Waals surface area contributed by atoms with Crippen molar-refractivity contribution in [3.05, 3.63) is 179 Å². The Labute approximate surface area is 360 Å². The third-order valence-electron chi connectivity index (χ3n) is 10.7. The average molecular weight is 915 g/mol. The molecular weight excluding hydrogens is 863 g/mol. The maximum absolute atomic E-state index is 7.11. The number of hydrogen-bond acceptors (Lipinski definition) is 10. The van der Waals surface area contributed by atoms with E-state index in [0.29, 0.717) is 26.4 Å². The second-order valence-corrected chi connectivity index (χ2v) is 16.3. The molecule has 0 amide bonds. The highest BCUT2D eigenvalue weighted by Gasteiger charge is 2.55. The van der Waals surface area contributed by atoms with E-state index in [0.717, 1.165) is 27.8 Å². The Morgan fingerprint density at radius 1 is 0.525 bits per heavy atom. The van der Waals surface area contributed by atoms with E-state index in [1.165, 1.54) is 0 Å². The first-order chi connectivity index (χ1) is 29.1. The summed E-state index contributed by atoms with van der Waals surface area (Å²) in [5.74, 6) is 0. The van der Waals surface area contributed by atoms with Gasteiger partial charge in [-0.3, -0.25) is 0 Å². The minimum absolute atomic E-state index is 0.232. The Morgan fingerprint density at radius 2 is 1.02 bits per heavy atom. The minimum Gasteiger partial charge on any atom is -0.374 e. The first kappa shape index (κ1) is 42.1. The molecule has 3 aliphatic rings. The largest absolute Gasteiger partial charge is 0.374 e. The van der Waals surface area contributed by atoms with Gasteiger partial charge in [0.2, 0.25) is 0 Å². The lowest BCUT2D eigenvalue weighted by Crippen LogP contribution is -2.66. The number of rotatable bonds is 17. The fraction of sp³-hybridized carbons (Fsp3) is 0.375. The average Bonchev–Trinajstić information content (AvgIpc) is 3.30. The van der Waals surface area contributed by atoms with Gasteiger partial charge in [-0.25, -0.2) is 0 Å². The molecule has 3 fully saturated rings. The van der Waals surface area contributed by atoms with Crippen molar-refractivity contribution < 1.29 is 47.4 Å². The van der Waals surface area contributed by atoms with Crippen LogP contribution in [0.4, 0.5) is 0 Å². The molecule has 0 radical (unpaired) electrons. The van der Waals surface area contributed by atoms with Crippen LogP contribution in [-0.4, -0.2) is 79.6 Å². The number of halogens is 1. The summed E-state index contributed by atoms with van der Waals surface area (Å²) in [5.41, 5.74) is 5.06. The van der Waals surface area contributed by atoms with Crippen LogP contribution in [0.5, 0.6) is 0 Å². The first-order valence-electron chi connectivity index (χ1n) is 20.2. The third-order valence-corrected chi connectivity index (χ3v) is 12.0. The maximum Gasteiger partial charge on any atom is 0.186 e. The van der Waals surface area contributed by atoms with Crippen LogP contribution in [-0.2, 0) is 73.8 Å². The van der Waals surface area contributed by atoms with Crippen LogP contribution in [0.3, 0.4) is 0 Å². The molecule has 0 unspecified atom stereocenters. The lowest BCUT2D eigenvalue weighted by atomic mass is 9.96. The molecule has 3 heterocycles. The van der Waals surface area contributed by atoms with Gasteiger partial charge in [-0.1, -0.05) is 174 Å². The molecule has 310 valence electrons. The molecule has 0 aliphatic carbocycles. The zero-order valence-electron chi connectivity index (χ0n) is 33.0. The van der Waals surface area contributed by atoms with Gasteiger partial charge >= 0.3 is 0 Å². The number of hydrogen-bond donors (Lipinski definition) is 0. The van der Waals surface area contributed by atoms with Crippen LogP contribution in [0.15, 0.2) is 152 Å². The number of fused-ring (bicyclic) bond motifs is 1. The molecule has 0 saturated carbocycles. The molecule has 5 aromatic rings. The van der Waals surface area contributed by atoms with Gasteiger partial charge in [-0.2, -0.15) is 0 Å². The van der Waals surface area contributed by atoms with Crippen LogP contribution in [0.2, 0.25) is 0 Å². The molecule has 3 saturated heterocycles. The fourth-order valence-electron chi connectivity index (χ4n) is 7.67. The molecule has 59 heavy (non-hydrogen) atoms. The van der Waals surface area contributed by atoms with Gasteiger partial charge < -0.3 is 47.4 Å². The first-order valence-corrected chi connectivity index (χ1v) is 21.4. The smallest absolute Gasteiger partial charge is 0.186 e. The molecule has 5 aromatic carbocycles. The zero-order valence-corrected chi connectivity index (χ0v) is 35.1. The molecule has 0 N–H and O–H groups in total. The Balaban J connectivity index is 1.09. The Morgan fingerprint density at radius 3 is 1.56 bits per heavy atom. The van der Waals surface area contributed by atoms with Crippen molar-refractivity contribution >= 4 is 22.6 Å². The summed E-state index contributed by atoms with van der Waals surface area (Å²) >= 11 is 2.38. The van der Waals surface area contributed by atoms with Crippen LogP contribution in [0.1, 0.15) is 34.1 Å². The summed E-state index contributed by atoms with van der Waals surface area (Å²) in [6.07, 6.45) is -6.22. The number of ether oxygens (including phenoxy) is 10. The fourth-order valence-corrected chi connectivity index (χ4v) is 8.63. The molecule has 0 aromatic heterocycles. The van der Waals surface area contributed by atoms with Crippen molar-refractivity contribution in [2.24, 2.45) is 0 Å². The summed E-state index contributed by atoms with van der Waals surface area (Å²) in [7, 11) is 1.61. The van der Waals surface area contributed by atoms with Crippen LogP contribution < -0.4 is 0 Å². The molecule has 0 spiro atoms. The van der Waals surface area contributed by atoms with E-state index in [-0.39, 0.29) is 17.1 Å². The molecule has 3 aliphatic heterocycles. The third kappa shape index (κ3) is 11.0. The highest BCUT2D eigenvalue weighted by atomic mass is 127. The van der Waals surface area contributed by atoms with E-state index in [9.17, 15) is 0 Å². The van der Waals surface area contributed by atoms with E-state index in [1.54, 1.807) is 7.11 Å². The van der Waals surface area contributed by atoms with Crippen molar-refractivity contribution in [1.29, 1.82) is 0 Å². The standard InChI is InChI=1S/C48H51IO10/c1-50-48-45(44(54-30-36-23-13-5-14-24-36)42-39(57-48)32-55-46(58-42)37-25-15-6-16-26-37)59-47-40(49)43(53-29-35-21-11-4-12-22-35)41(52-28-34-19-9-3-10-20-34)38(56-47)31-51-27-33-17-7-2-8-18-33/h2-26,38-48H,27-32H2,1H3/t38-,39-,40+,41+,42-,43-,44+,45-,46-,47-,48+/m1/s1. The van der Waals surface area contributed by atoms with Gasteiger partial charge in [0.1, 0.15) is 42.7 Å². The second-order valence-electron chi connectivity index (χ2n) is 14.8. The Hall–Kier alpha value is -3.57. The van der Waals surface area contributed by atoms with Gasteiger partial charge in [-0.05, 0) is 22.3 Å². The number of alkyl halides is 1. The molecule has 10 nitrogen and oxygen atoms in total. The SMILES string of the molecule is CO[C@H]1O[C@@H]2CO[C@@H](c3ccccc3)O[C@H]2[C@H](OCc2ccccc2)[C@H]1O[C@H]1O[C@H](COCc2ccccc2)[C@H](OCc2ccccc2)[C@H](OCc2ccccc2)[C@@H]1I. The van der Waals surface area contributed by atoms with Crippen molar-refractivity contribution in [2.75, 3.05) is 20.3 Å². The highest BCUT2D eigenvalue weighted by molar-refractivity contribution is 14.1. The Kier molecular flexibility index (Phi) is 15.2. The van der Waals surface area contributed by atoms with Gasteiger partial charge in [-0.15, -0.1) is 0 Å². The van der Waals surface area contributed by atoms with Gasteiger partial charge in [0.25, 0.3) is 0 Å². The summed E-state index contributed by atoms with van der Waals surface area (Å²) in [6, 6.07) is 50.3.